The monoisotopic (exact) mass is 296 g/mol. The van der Waals surface area contributed by atoms with Crippen molar-refractivity contribution in [2.24, 2.45) is 5.41 Å². The molecule has 120 valence electrons. The predicted molar refractivity (Wildman–Crippen MR) is 81.2 cm³/mol. The molecule has 2 aliphatic carbocycles. The average molecular weight is 296 g/mol. The maximum Gasteiger partial charge on any atom is 0.323 e. The van der Waals surface area contributed by atoms with Crippen LogP contribution in [0.4, 0.5) is 4.79 Å². The number of urea groups is 1. The van der Waals surface area contributed by atoms with Crippen molar-refractivity contribution in [3.8, 4) is 0 Å². The fourth-order valence-electron chi connectivity index (χ4n) is 3.70. The molecule has 0 radical (unpaired) electrons. The third-order valence-electron chi connectivity index (χ3n) is 5.06. The quantitative estimate of drug-likeness (QED) is 0.819. The summed E-state index contributed by atoms with van der Waals surface area (Å²) in [5.74, 6) is -0.930. The van der Waals surface area contributed by atoms with E-state index in [-0.39, 0.29) is 24.0 Å². The van der Waals surface area contributed by atoms with Gasteiger partial charge in [0.2, 0.25) is 0 Å². The van der Waals surface area contributed by atoms with Crippen LogP contribution in [0.15, 0.2) is 0 Å². The van der Waals surface area contributed by atoms with Crippen molar-refractivity contribution < 1.29 is 14.7 Å². The highest BCUT2D eigenvalue weighted by Crippen LogP contribution is 2.35. The number of nitrogens with one attached hydrogen (secondary N) is 1. The molecule has 0 unspecified atom stereocenters. The Balaban J connectivity index is 1.89. The van der Waals surface area contributed by atoms with Gasteiger partial charge in [0.1, 0.15) is 6.54 Å². The molecule has 21 heavy (non-hydrogen) atoms. The van der Waals surface area contributed by atoms with E-state index in [0.717, 1.165) is 38.5 Å². The lowest BCUT2D eigenvalue weighted by molar-refractivity contribution is -0.138. The molecule has 2 amide bonds. The summed E-state index contributed by atoms with van der Waals surface area (Å²) < 4.78 is 0. The first-order valence-corrected chi connectivity index (χ1v) is 8.26. The van der Waals surface area contributed by atoms with Gasteiger partial charge in [-0.1, -0.05) is 39.0 Å². The van der Waals surface area contributed by atoms with Crippen LogP contribution in [0, 0.1) is 5.41 Å². The van der Waals surface area contributed by atoms with Crippen molar-refractivity contribution >= 4 is 12.0 Å². The van der Waals surface area contributed by atoms with Gasteiger partial charge in [0.15, 0.2) is 0 Å². The van der Waals surface area contributed by atoms with E-state index in [0.29, 0.717) is 6.54 Å². The van der Waals surface area contributed by atoms with Crippen molar-refractivity contribution in [3.63, 3.8) is 0 Å². The van der Waals surface area contributed by atoms with Gasteiger partial charge in [-0.25, -0.2) is 4.79 Å². The Morgan fingerprint density at radius 3 is 2.33 bits per heavy atom. The molecule has 0 atom stereocenters. The predicted octanol–water partition coefficient (Wildman–Crippen LogP) is 3.00. The van der Waals surface area contributed by atoms with Gasteiger partial charge in [-0.15, -0.1) is 0 Å². The van der Waals surface area contributed by atoms with E-state index in [2.05, 4.69) is 12.2 Å². The van der Waals surface area contributed by atoms with Crippen molar-refractivity contribution in [1.29, 1.82) is 0 Å². The van der Waals surface area contributed by atoms with Crippen LogP contribution in [0.25, 0.3) is 0 Å². The molecule has 0 aromatic heterocycles. The summed E-state index contributed by atoms with van der Waals surface area (Å²) in [5.41, 5.74) is 0.179. The van der Waals surface area contributed by atoms with E-state index in [4.69, 9.17) is 5.11 Å². The standard InChI is InChI=1S/C16H28N2O3/c1-16(9-5-2-6-10-16)12-17-15(21)18(11-14(19)20)13-7-3-4-8-13/h13H,2-12H2,1H3,(H,17,21)(H,19,20). The molecule has 5 nitrogen and oxygen atoms in total. The second-order valence-electron chi connectivity index (χ2n) is 6.99. The fourth-order valence-corrected chi connectivity index (χ4v) is 3.70. The molecule has 2 saturated carbocycles. The summed E-state index contributed by atoms with van der Waals surface area (Å²) in [4.78, 5) is 24.9. The number of hydrogen-bond acceptors (Lipinski definition) is 2. The van der Waals surface area contributed by atoms with Crippen molar-refractivity contribution in [1.82, 2.24) is 10.2 Å². The zero-order valence-corrected chi connectivity index (χ0v) is 13.1. The Bertz CT molecular complexity index is 372. The smallest absolute Gasteiger partial charge is 0.323 e. The summed E-state index contributed by atoms with van der Waals surface area (Å²) >= 11 is 0. The topological polar surface area (TPSA) is 69.6 Å². The first-order chi connectivity index (χ1) is 10.0. The number of hydrogen-bond donors (Lipinski definition) is 2. The molecule has 2 aliphatic rings. The maximum absolute atomic E-state index is 12.4. The molecule has 5 heteroatoms. The van der Waals surface area contributed by atoms with Crippen LogP contribution in [0.2, 0.25) is 0 Å². The van der Waals surface area contributed by atoms with Gasteiger partial charge in [-0.3, -0.25) is 4.79 Å². The summed E-state index contributed by atoms with van der Waals surface area (Å²) in [7, 11) is 0. The molecular weight excluding hydrogens is 268 g/mol. The molecule has 2 N–H and O–H groups in total. The number of carboxylic acids is 1. The Hall–Kier alpha value is -1.26. The minimum absolute atomic E-state index is 0.0975. The molecule has 0 aromatic rings. The lowest BCUT2D eigenvalue weighted by atomic mass is 9.76. The Morgan fingerprint density at radius 1 is 1.14 bits per heavy atom. The second-order valence-corrected chi connectivity index (χ2v) is 6.99. The SMILES string of the molecule is CC1(CNC(=O)N(CC(=O)O)C2CCCC2)CCCCC1. The number of aliphatic carboxylic acids is 1. The lowest BCUT2D eigenvalue weighted by Crippen LogP contribution is -2.50. The Morgan fingerprint density at radius 2 is 1.76 bits per heavy atom. The van der Waals surface area contributed by atoms with E-state index in [1.807, 2.05) is 0 Å². The van der Waals surface area contributed by atoms with Crippen LogP contribution in [0.5, 0.6) is 0 Å². The van der Waals surface area contributed by atoms with E-state index in [1.54, 1.807) is 0 Å². The molecule has 2 fully saturated rings. The first kappa shape index (κ1) is 16.1. The summed E-state index contributed by atoms with van der Waals surface area (Å²) in [5, 5.41) is 12.0. The minimum atomic E-state index is -0.930. The van der Waals surface area contributed by atoms with Crippen LogP contribution in [-0.4, -0.2) is 41.1 Å². The zero-order valence-electron chi connectivity index (χ0n) is 13.1. The largest absolute Gasteiger partial charge is 0.480 e. The summed E-state index contributed by atoms with van der Waals surface area (Å²) in [6, 6.07) is -0.101. The zero-order chi connectivity index (χ0) is 15.3. The van der Waals surface area contributed by atoms with Gasteiger partial charge in [-0.05, 0) is 31.1 Å². The third-order valence-corrected chi connectivity index (χ3v) is 5.06. The average Bonchev–Trinajstić information content (AvgIpc) is 2.97. The molecule has 0 aromatic carbocycles. The highest BCUT2D eigenvalue weighted by atomic mass is 16.4. The third kappa shape index (κ3) is 4.61. The van der Waals surface area contributed by atoms with E-state index in [1.165, 1.54) is 24.2 Å². The van der Waals surface area contributed by atoms with Crippen LogP contribution in [0.1, 0.15) is 64.7 Å². The Kier molecular flexibility index (Phi) is 5.48. The van der Waals surface area contributed by atoms with Gasteiger partial charge in [0.25, 0.3) is 0 Å². The number of nitrogens with zero attached hydrogens (tertiary/aromatic N) is 1. The van der Waals surface area contributed by atoms with Crippen LogP contribution >= 0.6 is 0 Å². The highest BCUT2D eigenvalue weighted by molar-refractivity contribution is 5.80. The van der Waals surface area contributed by atoms with Gasteiger partial charge in [0, 0.05) is 12.6 Å². The summed E-state index contributed by atoms with van der Waals surface area (Å²) in [6.45, 7) is 2.70. The van der Waals surface area contributed by atoms with Crippen molar-refractivity contribution in [2.75, 3.05) is 13.1 Å². The minimum Gasteiger partial charge on any atom is -0.480 e. The lowest BCUT2D eigenvalue weighted by Gasteiger charge is -2.35. The second kappa shape index (κ2) is 7.14. The van der Waals surface area contributed by atoms with Crippen LogP contribution < -0.4 is 5.32 Å². The number of amides is 2. The normalized spacial score (nSPS) is 22.0. The van der Waals surface area contributed by atoms with E-state index >= 15 is 0 Å². The molecular formula is C16H28N2O3. The van der Waals surface area contributed by atoms with Crippen LogP contribution in [-0.2, 0) is 4.79 Å². The molecule has 0 bridgehead atoms. The number of carboxylic acid groups (broad SMARTS) is 1. The fraction of sp³-hybridized carbons (Fsp3) is 0.875. The van der Waals surface area contributed by atoms with Crippen LogP contribution in [0.3, 0.4) is 0 Å². The molecule has 0 heterocycles. The van der Waals surface area contributed by atoms with E-state index < -0.39 is 5.97 Å². The molecule has 2 rings (SSSR count). The first-order valence-electron chi connectivity index (χ1n) is 8.26. The maximum atomic E-state index is 12.4. The van der Waals surface area contributed by atoms with Gasteiger partial charge >= 0.3 is 12.0 Å². The van der Waals surface area contributed by atoms with Gasteiger partial charge in [-0.2, -0.15) is 0 Å². The number of carbonyl (C=O) groups is 2. The van der Waals surface area contributed by atoms with Gasteiger partial charge < -0.3 is 15.3 Å². The molecule has 0 spiro atoms. The number of rotatable bonds is 5. The highest BCUT2D eigenvalue weighted by Gasteiger charge is 2.31. The summed E-state index contributed by atoms with van der Waals surface area (Å²) in [6.07, 6.45) is 10.1. The number of carbonyl (C=O) groups excluding carboxylic acids is 1. The van der Waals surface area contributed by atoms with Crippen molar-refractivity contribution in [3.05, 3.63) is 0 Å². The van der Waals surface area contributed by atoms with Crippen molar-refractivity contribution in [2.45, 2.75) is 70.8 Å². The molecule has 0 aliphatic heterocycles. The molecule has 0 saturated heterocycles. The van der Waals surface area contributed by atoms with Gasteiger partial charge in [0.05, 0.1) is 0 Å². The van der Waals surface area contributed by atoms with E-state index in [9.17, 15) is 9.59 Å². The Labute approximate surface area is 127 Å².